The van der Waals surface area contributed by atoms with E-state index in [-0.39, 0.29) is 5.82 Å². The number of hydrogen-bond acceptors (Lipinski definition) is 3. The third-order valence-electron chi connectivity index (χ3n) is 3.88. The molecule has 0 bridgehead atoms. The Balaban J connectivity index is 1.94. The monoisotopic (exact) mass is 345 g/mol. The highest BCUT2D eigenvalue weighted by Crippen LogP contribution is 2.38. The highest BCUT2D eigenvalue weighted by Gasteiger charge is 2.19. The SMILES string of the molecule is O=CC1=C=CC2=C(C=C1)Sc1ccccc1C(c1ccc(F)cc1)=N2. The molecule has 1 aliphatic carbocycles. The third-order valence-corrected chi connectivity index (χ3v) is 5.02. The van der Waals surface area contributed by atoms with Crippen LogP contribution in [0.4, 0.5) is 4.39 Å². The number of halogens is 1. The molecular formula is C21H12FNOS. The van der Waals surface area contributed by atoms with Gasteiger partial charge in [0.15, 0.2) is 6.29 Å². The summed E-state index contributed by atoms with van der Waals surface area (Å²) >= 11 is 1.59. The fourth-order valence-corrected chi connectivity index (χ4v) is 3.65. The highest BCUT2D eigenvalue weighted by atomic mass is 32.2. The van der Waals surface area contributed by atoms with E-state index in [1.54, 1.807) is 36.0 Å². The Morgan fingerprint density at radius 3 is 2.64 bits per heavy atom. The van der Waals surface area contributed by atoms with Crippen molar-refractivity contribution in [2.45, 2.75) is 4.90 Å². The average Bonchev–Trinajstić information content (AvgIpc) is 2.92. The first kappa shape index (κ1) is 15.6. The number of thioether (sulfide) groups is 1. The summed E-state index contributed by atoms with van der Waals surface area (Å²) in [6.07, 6.45) is 6.11. The second-order valence-corrected chi connectivity index (χ2v) is 6.59. The van der Waals surface area contributed by atoms with E-state index in [0.29, 0.717) is 5.57 Å². The van der Waals surface area contributed by atoms with E-state index < -0.39 is 0 Å². The molecule has 4 rings (SSSR count). The van der Waals surface area contributed by atoms with Gasteiger partial charge in [-0.25, -0.2) is 9.38 Å². The number of fused-ring (bicyclic) bond motifs is 1. The number of carbonyl (C=O) groups excluding carboxylic acids is 1. The smallest absolute Gasteiger partial charge is 0.157 e. The number of nitrogens with zero attached hydrogens (tertiary/aromatic N) is 1. The Labute approximate surface area is 148 Å². The minimum Gasteiger partial charge on any atom is -0.297 e. The summed E-state index contributed by atoms with van der Waals surface area (Å²) in [5.41, 5.74) is 6.77. The predicted octanol–water partition coefficient (Wildman–Crippen LogP) is 4.83. The second-order valence-electron chi connectivity index (χ2n) is 5.51. The normalized spacial score (nSPS) is 15.6. The zero-order valence-electron chi connectivity index (χ0n) is 13.1. The molecule has 2 aromatic rings. The molecule has 0 atom stereocenters. The van der Waals surface area contributed by atoms with Crippen molar-refractivity contribution < 1.29 is 9.18 Å². The van der Waals surface area contributed by atoms with Crippen LogP contribution in [0.25, 0.3) is 0 Å². The van der Waals surface area contributed by atoms with Crippen LogP contribution in [0.1, 0.15) is 11.1 Å². The van der Waals surface area contributed by atoms with Gasteiger partial charge in [0.1, 0.15) is 5.82 Å². The van der Waals surface area contributed by atoms with Gasteiger partial charge in [-0.15, -0.1) is 5.73 Å². The lowest BCUT2D eigenvalue weighted by Gasteiger charge is -2.09. The van der Waals surface area contributed by atoms with E-state index >= 15 is 0 Å². The number of carbonyl (C=O) groups is 1. The van der Waals surface area contributed by atoms with Gasteiger partial charge in [-0.1, -0.05) is 30.0 Å². The highest BCUT2D eigenvalue weighted by molar-refractivity contribution is 8.03. The summed E-state index contributed by atoms with van der Waals surface area (Å²) in [7, 11) is 0. The second kappa shape index (κ2) is 6.52. The molecule has 0 amide bonds. The number of hydrogen-bond donors (Lipinski definition) is 0. The zero-order chi connectivity index (χ0) is 17.2. The Morgan fingerprint density at radius 2 is 1.84 bits per heavy atom. The van der Waals surface area contributed by atoms with Crippen molar-refractivity contribution in [2.75, 3.05) is 0 Å². The molecule has 0 spiro atoms. The lowest BCUT2D eigenvalue weighted by Crippen LogP contribution is -2.04. The molecule has 2 nitrogen and oxygen atoms in total. The van der Waals surface area contributed by atoms with Gasteiger partial charge in [0.25, 0.3) is 0 Å². The Morgan fingerprint density at radius 1 is 1.04 bits per heavy atom. The number of rotatable bonds is 2. The molecule has 0 aromatic heterocycles. The largest absolute Gasteiger partial charge is 0.297 e. The zero-order valence-corrected chi connectivity index (χ0v) is 13.9. The third kappa shape index (κ3) is 3.05. The summed E-state index contributed by atoms with van der Waals surface area (Å²) < 4.78 is 13.3. The first-order chi connectivity index (χ1) is 12.2. The van der Waals surface area contributed by atoms with Gasteiger partial charge < -0.3 is 0 Å². The fraction of sp³-hybridized carbons (Fsp3) is 0. The van der Waals surface area contributed by atoms with Gasteiger partial charge in [0.2, 0.25) is 0 Å². The van der Waals surface area contributed by atoms with Gasteiger partial charge in [-0.05, 0) is 42.5 Å². The molecule has 0 N–H and O–H groups in total. The van der Waals surface area contributed by atoms with Crippen LogP contribution in [-0.2, 0) is 4.79 Å². The van der Waals surface area contributed by atoms with Gasteiger partial charge in [0, 0.05) is 27.0 Å². The van der Waals surface area contributed by atoms with Gasteiger partial charge in [0.05, 0.1) is 17.0 Å². The van der Waals surface area contributed by atoms with Crippen molar-refractivity contribution in [1.82, 2.24) is 0 Å². The van der Waals surface area contributed by atoms with E-state index in [2.05, 4.69) is 5.73 Å². The molecule has 2 aliphatic rings. The molecule has 0 unspecified atom stereocenters. The maximum absolute atomic E-state index is 13.3. The lowest BCUT2D eigenvalue weighted by molar-refractivity contribution is -0.104. The topological polar surface area (TPSA) is 29.4 Å². The molecule has 0 saturated carbocycles. The van der Waals surface area contributed by atoms with E-state index in [1.165, 1.54) is 12.1 Å². The minimum absolute atomic E-state index is 0.281. The molecule has 0 saturated heterocycles. The quantitative estimate of drug-likeness (QED) is 0.576. The summed E-state index contributed by atoms with van der Waals surface area (Å²) in [5, 5.41) is 0. The van der Waals surface area contributed by atoms with Crippen LogP contribution in [0.5, 0.6) is 0 Å². The average molecular weight is 345 g/mol. The number of benzene rings is 2. The minimum atomic E-state index is -0.281. The van der Waals surface area contributed by atoms with E-state index in [0.717, 1.165) is 38.6 Å². The van der Waals surface area contributed by atoms with Crippen LogP contribution in [0.3, 0.4) is 0 Å². The van der Waals surface area contributed by atoms with E-state index in [4.69, 9.17) is 4.99 Å². The Bertz CT molecular complexity index is 1020. The van der Waals surface area contributed by atoms with Gasteiger partial charge >= 0.3 is 0 Å². The molecule has 1 heterocycles. The maximum atomic E-state index is 13.3. The Hall–Kier alpha value is -2.94. The van der Waals surface area contributed by atoms with Crippen LogP contribution in [-0.4, -0.2) is 12.0 Å². The standard InChI is InChI=1S/C21H12FNOS/c22-16-9-7-15(8-10-16)21-17-3-1-2-4-19(17)25-20-12-6-14(13-24)5-11-18(20)23-21/h1-4,6-13H. The van der Waals surface area contributed by atoms with Crippen molar-refractivity contribution in [3.8, 4) is 0 Å². The van der Waals surface area contributed by atoms with Crippen LogP contribution < -0.4 is 0 Å². The summed E-state index contributed by atoms with van der Waals surface area (Å²) in [5.74, 6) is -0.281. The molecule has 2 aromatic carbocycles. The van der Waals surface area contributed by atoms with E-state index in [9.17, 15) is 9.18 Å². The van der Waals surface area contributed by atoms with Crippen molar-refractivity contribution in [3.05, 3.63) is 106 Å². The van der Waals surface area contributed by atoms with Crippen molar-refractivity contribution >= 4 is 23.8 Å². The lowest BCUT2D eigenvalue weighted by atomic mass is 10.0. The summed E-state index contributed by atoms with van der Waals surface area (Å²) in [6.45, 7) is 0. The first-order valence-electron chi connectivity index (χ1n) is 7.71. The molecule has 0 fully saturated rings. The van der Waals surface area contributed by atoms with Crippen molar-refractivity contribution in [2.24, 2.45) is 4.99 Å². The van der Waals surface area contributed by atoms with Crippen LogP contribution in [0.2, 0.25) is 0 Å². The number of aldehydes is 1. The fourth-order valence-electron chi connectivity index (χ4n) is 2.65. The van der Waals surface area contributed by atoms with Gasteiger partial charge in [-0.3, -0.25) is 4.79 Å². The molecular weight excluding hydrogens is 333 g/mol. The van der Waals surface area contributed by atoms with Crippen LogP contribution >= 0.6 is 11.8 Å². The molecule has 4 heteroatoms. The first-order valence-corrected chi connectivity index (χ1v) is 8.52. The van der Waals surface area contributed by atoms with E-state index in [1.807, 2.05) is 30.3 Å². The van der Waals surface area contributed by atoms with Crippen molar-refractivity contribution in [3.63, 3.8) is 0 Å². The van der Waals surface area contributed by atoms with Gasteiger partial charge in [-0.2, -0.15) is 0 Å². The van der Waals surface area contributed by atoms with Crippen molar-refractivity contribution in [1.29, 1.82) is 0 Å². The molecule has 120 valence electrons. The van der Waals surface area contributed by atoms with Crippen LogP contribution in [0.15, 0.2) is 98.6 Å². The summed E-state index contributed by atoms with van der Waals surface area (Å²) in [4.78, 5) is 17.9. The predicted molar refractivity (Wildman–Crippen MR) is 98.2 cm³/mol. The molecule has 1 aliphatic heterocycles. The number of allylic oxidation sites excluding steroid dienone is 3. The van der Waals surface area contributed by atoms with Crippen LogP contribution in [0, 0.1) is 5.82 Å². The maximum Gasteiger partial charge on any atom is 0.157 e. The Kier molecular flexibility index (Phi) is 4.06. The molecule has 0 radical (unpaired) electrons. The molecule has 25 heavy (non-hydrogen) atoms. The summed E-state index contributed by atoms with van der Waals surface area (Å²) in [6, 6.07) is 14.3. The number of aliphatic imine (C=N–C) groups is 1.